The minimum Gasteiger partial charge on any atom is -0.306 e. The van der Waals surface area contributed by atoms with Crippen molar-refractivity contribution >= 4 is 22.1 Å². The molecule has 1 aliphatic rings. The van der Waals surface area contributed by atoms with Gasteiger partial charge in [0.2, 0.25) is 5.16 Å². The van der Waals surface area contributed by atoms with Crippen molar-refractivity contribution in [2.24, 2.45) is 0 Å². The number of likely N-dealkylation sites (tertiary alicyclic amines) is 1. The Morgan fingerprint density at radius 3 is 2.54 bits per heavy atom. The molecule has 1 fully saturated rings. The van der Waals surface area contributed by atoms with Crippen molar-refractivity contribution < 1.29 is 8.60 Å². The maximum absolute atomic E-state index is 13.4. The Kier molecular flexibility index (Phi) is 5.61. The molecule has 146 valence electrons. The average Bonchev–Trinajstić information content (AvgIpc) is 3.14. The van der Waals surface area contributed by atoms with E-state index < -0.39 is 10.8 Å². The molecule has 1 aliphatic heterocycles. The summed E-state index contributed by atoms with van der Waals surface area (Å²) in [5.74, 6) is 0.137. The standard InChI is InChI=1S/C20H21FN4OS2/c1-25-11-8-14(9-12-25)19-24-17(13-3-5-15(21)6-4-13)18(27-19)16-7-10-22-20(23-16)28(2)26/h3-7,10,14H,8-9,11-12H2,1-2H3. The number of thiazole rings is 1. The van der Waals surface area contributed by atoms with Gasteiger partial charge in [0.25, 0.3) is 0 Å². The number of aromatic nitrogens is 3. The predicted octanol–water partition coefficient (Wildman–Crippen LogP) is 3.95. The maximum atomic E-state index is 13.4. The Balaban J connectivity index is 1.80. The molecule has 5 nitrogen and oxygen atoms in total. The zero-order valence-corrected chi connectivity index (χ0v) is 17.4. The zero-order valence-electron chi connectivity index (χ0n) is 15.8. The van der Waals surface area contributed by atoms with Gasteiger partial charge in [-0.25, -0.2) is 19.3 Å². The van der Waals surface area contributed by atoms with Crippen molar-refractivity contribution in [2.75, 3.05) is 26.4 Å². The Hall–Kier alpha value is -2.03. The van der Waals surface area contributed by atoms with Gasteiger partial charge in [-0.3, -0.25) is 4.21 Å². The summed E-state index contributed by atoms with van der Waals surface area (Å²) in [5.41, 5.74) is 2.35. The Bertz CT molecular complexity index is 998. The highest BCUT2D eigenvalue weighted by Crippen LogP contribution is 2.40. The van der Waals surface area contributed by atoms with Gasteiger partial charge in [0.05, 0.1) is 32.1 Å². The van der Waals surface area contributed by atoms with Crippen LogP contribution < -0.4 is 0 Å². The molecular formula is C20H21FN4OS2. The lowest BCUT2D eigenvalue weighted by Crippen LogP contribution is -2.29. The highest BCUT2D eigenvalue weighted by molar-refractivity contribution is 7.84. The highest BCUT2D eigenvalue weighted by Gasteiger charge is 2.25. The molecule has 2 aromatic heterocycles. The third-order valence-corrected chi connectivity index (χ3v) is 6.90. The number of piperidine rings is 1. The molecule has 4 rings (SSSR count). The first-order valence-electron chi connectivity index (χ1n) is 9.13. The molecule has 1 atom stereocenters. The topological polar surface area (TPSA) is 59.0 Å². The molecule has 0 amide bonds. The van der Waals surface area contributed by atoms with Gasteiger partial charge in [0.1, 0.15) is 5.82 Å². The molecule has 0 aliphatic carbocycles. The molecule has 1 saturated heterocycles. The van der Waals surface area contributed by atoms with Crippen LogP contribution in [-0.2, 0) is 10.8 Å². The molecule has 1 unspecified atom stereocenters. The molecule has 0 saturated carbocycles. The normalized spacial score (nSPS) is 17.0. The molecule has 8 heteroatoms. The Morgan fingerprint density at radius 1 is 1.14 bits per heavy atom. The Labute approximate surface area is 170 Å². The molecular weight excluding hydrogens is 395 g/mol. The molecule has 3 heterocycles. The second-order valence-corrected chi connectivity index (χ2v) is 9.30. The van der Waals surface area contributed by atoms with E-state index in [1.807, 2.05) is 6.07 Å². The van der Waals surface area contributed by atoms with Crippen molar-refractivity contribution in [3.63, 3.8) is 0 Å². The molecule has 1 aromatic carbocycles. The summed E-state index contributed by atoms with van der Waals surface area (Å²) in [7, 11) is 0.878. The summed E-state index contributed by atoms with van der Waals surface area (Å²) in [6.07, 6.45) is 5.33. The number of rotatable bonds is 4. The van der Waals surface area contributed by atoms with Gasteiger partial charge < -0.3 is 4.90 Å². The minimum absolute atomic E-state index is 0.276. The number of hydrogen-bond acceptors (Lipinski definition) is 6. The smallest absolute Gasteiger partial charge is 0.218 e. The average molecular weight is 417 g/mol. The second-order valence-electron chi connectivity index (χ2n) is 6.99. The van der Waals surface area contributed by atoms with Crippen LogP contribution in [0.4, 0.5) is 4.39 Å². The van der Waals surface area contributed by atoms with E-state index in [9.17, 15) is 8.60 Å². The lowest BCUT2D eigenvalue weighted by atomic mass is 9.98. The fourth-order valence-electron chi connectivity index (χ4n) is 3.35. The third-order valence-electron chi connectivity index (χ3n) is 4.95. The fourth-order valence-corrected chi connectivity index (χ4v) is 5.01. The lowest BCUT2D eigenvalue weighted by molar-refractivity contribution is 0.255. The van der Waals surface area contributed by atoms with Gasteiger partial charge in [-0.1, -0.05) is 0 Å². The van der Waals surface area contributed by atoms with E-state index in [1.54, 1.807) is 35.9 Å². The number of benzene rings is 1. The summed E-state index contributed by atoms with van der Waals surface area (Å²) in [4.78, 5) is 16.8. The predicted molar refractivity (Wildman–Crippen MR) is 110 cm³/mol. The van der Waals surface area contributed by atoms with Crippen LogP contribution in [0.5, 0.6) is 0 Å². The van der Waals surface area contributed by atoms with Gasteiger partial charge in [-0.15, -0.1) is 11.3 Å². The van der Waals surface area contributed by atoms with E-state index in [0.717, 1.165) is 47.1 Å². The molecule has 28 heavy (non-hydrogen) atoms. The fraction of sp³-hybridized carbons (Fsp3) is 0.350. The van der Waals surface area contributed by atoms with Crippen molar-refractivity contribution in [1.29, 1.82) is 0 Å². The van der Waals surface area contributed by atoms with Gasteiger partial charge in [-0.05, 0) is 63.3 Å². The van der Waals surface area contributed by atoms with Crippen LogP contribution in [0.25, 0.3) is 21.8 Å². The van der Waals surface area contributed by atoms with Crippen molar-refractivity contribution in [2.45, 2.75) is 23.9 Å². The van der Waals surface area contributed by atoms with E-state index in [4.69, 9.17) is 4.98 Å². The number of halogens is 1. The molecule has 3 aromatic rings. The van der Waals surface area contributed by atoms with Gasteiger partial charge in [0.15, 0.2) is 0 Å². The van der Waals surface area contributed by atoms with Crippen molar-refractivity contribution in [3.8, 4) is 21.8 Å². The van der Waals surface area contributed by atoms with E-state index in [0.29, 0.717) is 16.8 Å². The van der Waals surface area contributed by atoms with Crippen LogP contribution in [0.3, 0.4) is 0 Å². The lowest BCUT2D eigenvalue weighted by Gasteiger charge is -2.27. The number of nitrogens with zero attached hydrogens (tertiary/aromatic N) is 4. The molecule has 0 spiro atoms. The zero-order chi connectivity index (χ0) is 19.7. The largest absolute Gasteiger partial charge is 0.306 e. The van der Waals surface area contributed by atoms with Crippen LogP contribution in [0.1, 0.15) is 23.8 Å². The first kappa shape index (κ1) is 19.3. The quantitative estimate of drug-likeness (QED) is 0.603. The van der Waals surface area contributed by atoms with E-state index >= 15 is 0 Å². The van der Waals surface area contributed by atoms with Crippen LogP contribution in [0.15, 0.2) is 41.7 Å². The first-order valence-corrected chi connectivity index (χ1v) is 11.5. The summed E-state index contributed by atoms with van der Waals surface area (Å²) in [6.45, 7) is 2.11. The van der Waals surface area contributed by atoms with E-state index in [1.165, 1.54) is 12.1 Å². The monoisotopic (exact) mass is 416 g/mol. The summed E-state index contributed by atoms with van der Waals surface area (Å²) < 4.78 is 25.3. The third kappa shape index (κ3) is 4.04. The second kappa shape index (κ2) is 8.14. The minimum atomic E-state index is -1.26. The number of hydrogen-bond donors (Lipinski definition) is 0. The highest BCUT2D eigenvalue weighted by atomic mass is 32.2. The van der Waals surface area contributed by atoms with E-state index in [2.05, 4.69) is 21.9 Å². The summed E-state index contributed by atoms with van der Waals surface area (Å²) in [5, 5.41) is 1.39. The van der Waals surface area contributed by atoms with Crippen LogP contribution in [0.2, 0.25) is 0 Å². The van der Waals surface area contributed by atoms with Crippen molar-refractivity contribution in [3.05, 3.63) is 47.4 Å². The molecule has 0 bridgehead atoms. The Morgan fingerprint density at radius 2 is 1.86 bits per heavy atom. The first-order chi connectivity index (χ1) is 13.5. The van der Waals surface area contributed by atoms with Crippen LogP contribution in [0, 0.1) is 5.82 Å². The SMILES string of the molecule is CN1CCC(c2nc(-c3ccc(F)cc3)c(-c3ccnc(S(C)=O)n3)s2)CC1. The molecule has 0 radical (unpaired) electrons. The van der Waals surface area contributed by atoms with E-state index in [-0.39, 0.29) is 5.82 Å². The van der Waals surface area contributed by atoms with Gasteiger partial charge in [-0.2, -0.15) is 0 Å². The van der Waals surface area contributed by atoms with Gasteiger partial charge in [0, 0.05) is 23.9 Å². The van der Waals surface area contributed by atoms with Gasteiger partial charge >= 0.3 is 0 Å². The van der Waals surface area contributed by atoms with Crippen molar-refractivity contribution in [1.82, 2.24) is 19.9 Å². The molecule has 0 N–H and O–H groups in total. The summed E-state index contributed by atoms with van der Waals surface area (Å²) in [6, 6.07) is 8.19. The van der Waals surface area contributed by atoms with Crippen LogP contribution in [-0.4, -0.2) is 50.5 Å². The summed E-state index contributed by atoms with van der Waals surface area (Å²) >= 11 is 1.63. The van der Waals surface area contributed by atoms with Crippen LogP contribution >= 0.6 is 11.3 Å². The maximum Gasteiger partial charge on any atom is 0.218 e.